The van der Waals surface area contributed by atoms with Gasteiger partial charge in [0, 0.05) is 23.6 Å². The van der Waals surface area contributed by atoms with Gasteiger partial charge >= 0.3 is 0 Å². The molecule has 3 rings (SSSR count). The van der Waals surface area contributed by atoms with E-state index in [-0.39, 0.29) is 0 Å². The predicted molar refractivity (Wildman–Crippen MR) is 118 cm³/mol. The fraction of sp³-hybridized carbons (Fsp3) is 0.0909. The zero-order chi connectivity index (χ0) is 24.4. The Balaban J connectivity index is 0.000000696. The first kappa shape index (κ1) is 25.2. The molecule has 0 saturated heterocycles. The van der Waals surface area contributed by atoms with Crippen LogP contribution in [0.3, 0.4) is 0 Å². The molecule has 1 aromatic heterocycles. The second-order valence-electron chi connectivity index (χ2n) is 6.64. The highest BCUT2D eigenvalue weighted by Crippen LogP contribution is 2.26. The largest absolute Gasteiger partial charge is 0.822 e. The van der Waals surface area contributed by atoms with Crippen LogP contribution in [0.4, 0.5) is 23.1 Å². The van der Waals surface area contributed by atoms with Gasteiger partial charge in [-0.05, 0) is 79.1 Å². The van der Waals surface area contributed by atoms with E-state index in [2.05, 4.69) is 26.7 Å². The number of phosphoric acid groups is 1. The lowest BCUT2D eigenvalue weighted by molar-refractivity contribution is -0.432. The minimum absolute atomic E-state index is 0.457. The second-order valence-corrected chi connectivity index (χ2v) is 7.54. The van der Waals surface area contributed by atoms with Crippen molar-refractivity contribution in [3.05, 3.63) is 77.0 Å². The molecule has 0 atom stereocenters. The Kier molecular flexibility index (Phi) is 8.81. The smallest absolute Gasteiger partial charge is 0.229 e. The maximum absolute atomic E-state index is 8.88. The second kappa shape index (κ2) is 11.5. The molecule has 0 aliphatic heterocycles. The van der Waals surface area contributed by atoms with E-state index in [0.717, 1.165) is 28.1 Å². The maximum Gasteiger partial charge on any atom is 0.229 e. The summed E-state index contributed by atoms with van der Waals surface area (Å²) in [5, 5.41) is 24.0. The van der Waals surface area contributed by atoms with Crippen molar-refractivity contribution in [3.8, 4) is 12.1 Å². The summed E-state index contributed by atoms with van der Waals surface area (Å²) < 4.78 is 8.55. The van der Waals surface area contributed by atoms with Gasteiger partial charge in [-0.3, -0.25) is 0 Å². The molecular weight excluding hydrogens is 443 g/mol. The Morgan fingerprint density at radius 3 is 2.15 bits per heavy atom. The van der Waals surface area contributed by atoms with E-state index in [1.165, 1.54) is 6.08 Å². The van der Waals surface area contributed by atoms with Crippen molar-refractivity contribution >= 4 is 37.0 Å². The molecule has 11 heteroatoms. The number of aromatic nitrogens is 2. The minimum atomic E-state index is -5.39. The summed E-state index contributed by atoms with van der Waals surface area (Å²) in [5.41, 5.74) is 5.46. The molecule has 0 saturated carbocycles. The summed E-state index contributed by atoms with van der Waals surface area (Å²) in [5.74, 6) is 1.12. The maximum atomic E-state index is 8.88. The van der Waals surface area contributed by atoms with Gasteiger partial charge in [-0.1, -0.05) is 0 Å². The Morgan fingerprint density at radius 1 is 1.00 bits per heavy atom. The Labute approximate surface area is 190 Å². The molecule has 0 radical (unpaired) electrons. The number of rotatable bonds is 5. The van der Waals surface area contributed by atoms with E-state index in [4.69, 9.17) is 29.8 Å². The van der Waals surface area contributed by atoms with Gasteiger partial charge in [0.2, 0.25) is 5.95 Å². The third-order valence-electron chi connectivity index (χ3n) is 4.08. The van der Waals surface area contributed by atoms with E-state index in [1.807, 2.05) is 44.2 Å². The van der Waals surface area contributed by atoms with Crippen LogP contribution in [-0.4, -0.2) is 9.97 Å². The lowest BCUT2D eigenvalue weighted by atomic mass is 10.0. The summed E-state index contributed by atoms with van der Waals surface area (Å²) >= 11 is 0. The molecule has 0 spiro atoms. The van der Waals surface area contributed by atoms with Crippen molar-refractivity contribution in [1.29, 1.82) is 10.5 Å². The minimum Gasteiger partial charge on any atom is -0.822 e. The molecule has 0 aliphatic carbocycles. The highest BCUT2D eigenvalue weighted by molar-refractivity contribution is 7.40. The average molecular weight is 461 g/mol. The standard InChI is InChI=1S/C22H18N6.H3O4P/c1-15-12-18(4-3-10-23)13-16(2)21(15)27-20-9-11-25-22(28-20)26-19-7-5-17(14-24)6-8-19;1-5(2,3)4/h3-9,11-13H,1-2H3,(H2,25,26,27,28);(H3,1,2,3,4)/p-3/b4-3+;. The summed E-state index contributed by atoms with van der Waals surface area (Å²) in [6.07, 6.45) is 4.93. The SMILES string of the molecule is Cc1cc(/C=C/C#N)cc(C)c1Nc1ccnc(Nc2ccc(C#N)cc2)n1.O=P([O-])([O-])[O-]. The average Bonchev–Trinajstić information content (AvgIpc) is 2.74. The first-order valence-electron chi connectivity index (χ1n) is 9.37. The number of benzene rings is 2. The summed E-state index contributed by atoms with van der Waals surface area (Å²) in [4.78, 5) is 34.4. The van der Waals surface area contributed by atoms with Gasteiger partial charge in [0.15, 0.2) is 0 Å². The quantitative estimate of drug-likeness (QED) is 0.421. The number of anilines is 4. The monoisotopic (exact) mass is 461 g/mol. The molecule has 0 bridgehead atoms. The normalized spacial score (nSPS) is 10.5. The van der Waals surface area contributed by atoms with Gasteiger partial charge in [-0.15, -0.1) is 0 Å². The van der Waals surface area contributed by atoms with Gasteiger partial charge in [0.05, 0.1) is 17.7 Å². The van der Waals surface area contributed by atoms with Crippen LogP contribution in [-0.2, 0) is 4.57 Å². The van der Waals surface area contributed by atoms with E-state index in [1.54, 1.807) is 30.5 Å². The number of hydrogen-bond donors (Lipinski definition) is 2. The van der Waals surface area contributed by atoms with Crippen LogP contribution < -0.4 is 25.3 Å². The van der Waals surface area contributed by atoms with Crippen LogP contribution in [0.25, 0.3) is 6.08 Å². The summed E-state index contributed by atoms with van der Waals surface area (Å²) in [6, 6.07) is 17.0. The molecule has 0 fully saturated rings. The molecule has 168 valence electrons. The zero-order valence-electron chi connectivity index (χ0n) is 17.6. The van der Waals surface area contributed by atoms with Crippen molar-refractivity contribution in [2.24, 2.45) is 0 Å². The molecule has 33 heavy (non-hydrogen) atoms. The van der Waals surface area contributed by atoms with Crippen molar-refractivity contribution < 1.29 is 19.2 Å². The van der Waals surface area contributed by atoms with Crippen molar-refractivity contribution in [2.75, 3.05) is 10.6 Å². The lowest BCUT2D eigenvalue weighted by Crippen LogP contribution is -2.24. The number of allylic oxidation sites excluding steroid dienone is 1. The van der Waals surface area contributed by atoms with Crippen LogP contribution in [0.5, 0.6) is 0 Å². The zero-order valence-corrected chi connectivity index (χ0v) is 18.5. The van der Waals surface area contributed by atoms with Crippen molar-refractivity contribution in [1.82, 2.24) is 9.97 Å². The van der Waals surface area contributed by atoms with E-state index in [9.17, 15) is 0 Å². The fourth-order valence-electron chi connectivity index (χ4n) is 2.80. The van der Waals surface area contributed by atoms with Crippen molar-refractivity contribution in [2.45, 2.75) is 13.8 Å². The molecule has 0 aliphatic rings. The topological polar surface area (TPSA) is 184 Å². The molecule has 3 aromatic rings. The number of nitrogens with one attached hydrogen (secondary N) is 2. The predicted octanol–water partition coefficient (Wildman–Crippen LogP) is 2.16. The van der Waals surface area contributed by atoms with Crippen LogP contribution >= 0.6 is 7.82 Å². The third-order valence-corrected chi connectivity index (χ3v) is 4.08. The molecular formula is C22H18N6O4P-3. The van der Waals surface area contributed by atoms with Crippen LogP contribution in [0.1, 0.15) is 22.3 Å². The lowest BCUT2D eigenvalue weighted by Gasteiger charge is -2.36. The van der Waals surface area contributed by atoms with Crippen LogP contribution in [0.15, 0.2) is 54.7 Å². The summed E-state index contributed by atoms with van der Waals surface area (Å²) in [7, 11) is -5.39. The highest BCUT2D eigenvalue weighted by atomic mass is 31.2. The third kappa shape index (κ3) is 8.91. The van der Waals surface area contributed by atoms with Gasteiger partial charge in [-0.25, -0.2) is 4.98 Å². The van der Waals surface area contributed by atoms with Gasteiger partial charge in [0.25, 0.3) is 0 Å². The van der Waals surface area contributed by atoms with Gasteiger partial charge < -0.3 is 29.9 Å². The molecule has 0 amide bonds. The van der Waals surface area contributed by atoms with Crippen LogP contribution in [0.2, 0.25) is 0 Å². The van der Waals surface area contributed by atoms with E-state index >= 15 is 0 Å². The van der Waals surface area contributed by atoms with E-state index < -0.39 is 7.82 Å². The first-order valence-corrected chi connectivity index (χ1v) is 10.8. The number of nitrogens with zero attached hydrogens (tertiary/aromatic N) is 4. The van der Waals surface area contributed by atoms with Crippen LogP contribution in [0, 0.1) is 36.5 Å². The number of nitriles is 2. The molecule has 10 nitrogen and oxygen atoms in total. The van der Waals surface area contributed by atoms with Crippen molar-refractivity contribution in [3.63, 3.8) is 0 Å². The number of hydrogen-bond acceptors (Lipinski definition) is 10. The first-order chi connectivity index (χ1) is 15.6. The Bertz CT molecular complexity index is 1240. The number of aryl methyl sites for hydroxylation is 2. The van der Waals surface area contributed by atoms with Gasteiger partial charge in [0.1, 0.15) is 5.82 Å². The van der Waals surface area contributed by atoms with Gasteiger partial charge in [-0.2, -0.15) is 23.3 Å². The Morgan fingerprint density at radius 2 is 1.61 bits per heavy atom. The molecule has 2 N–H and O–H groups in total. The molecule has 1 heterocycles. The molecule has 0 unspecified atom stereocenters. The summed E-state index contributed by atoms with van der Waals surface area (Å²) in [6.45, 7) is 4.02. The fourth-order valence-corrected chi connectivity index (χ4v) is 2.80. The molecule has 2 aromatic carbocycles. The van der Waals surface area contributed by atoms with E-state index in [0.29, 0.717) is 17.3 Å². The highest BCUT2D eigenvalue weighted by Gasteiger charge is 2.07. The Hall–Kier alpha value is -4.05.